The summed E-state index contributed by atoms with van der Waals surface area (Å²) in [4.78, 5) is 9.00. The largest absolute Gasteiger partial charge is 0.481 e. The van der Waals surface area contributed by atoms with Gasteiger partial charge in [0.1, 0.15) is 0 Å². The minimum atomic E-state index is -0.833. The smallest absolute Gasteiger partial charge is 0.300 e. The first-order chi connectivity index (χ1) is 1.73. The number of carboxylic acids is 1. The van der Waals surface area contributed by atoms with E-state index in [1.54, 1.807) is 0 Å². The van der Waals surface area contributed by atoms with Crippen LogP contribution >= 0.6 is 0 Å². The fourth-order valence-corrected chi connectivity index (χ4v) is 0. The fraction of sp³-hybridized carbons (Fsp3) is 0.500. The molecular weight excluding hydrogens is 317 g/mol. The molecule has 0 rings (SSSR count). The SMILES string of the molecule is CC(=O)O.O.O.O.O.O.O.[Ho]. The molecule has 1 radical (unpaired) electrons. The van der Waals surface area contributed by atoms with Crippen LogP contribution in [0.4, 0.5) is 0 Å². The van der Waals surface area contributed by atoms with Crippen molar-refractivity contribution in [1.82, 2.24) is 0 Å². The van der Waals surface area contributed by atoms with Crippen LogP contribution in [0.5, 0.6) is 0 Å². The van der Waals surface area contributed by atoms with Crippen molar-refractivity contribution < 1.29 is 80.5 Å². The monoisotopic (exact) mass is 333 g/mol. The van der Waals surface area contributed by atoms with Gasteiger partial charge in [-0.25, -0.2) is 0 Å². The second kappa shape index (κ2) is 77.6. The second-order valence-corrected chi connectivity index (χ2v) is 0.519. The van der Waals surface area contributed by atoms with Crippen molar-refractivity contribution in [2.24, 2.45) is 0 Å². The molecule has 0 aliphatic carbocycles. The Kier molecular flexibility index (Phi) is 732. The van der Waals surface area contributed by atoms with Gasteiger partial charge in [-0.05, 0) is 0 Å². The van der Waals surface area contributed by atoms with Gasteiger partial charge in [-0.2, -0.15) is 0 Å². The molecule has 0 unspecified atom stereocenters. The first-order valence-electron chi connectivity index (χ1n) is 0.928. The molecule has 9 heteroatoms. The summed E-state index contributed by atoms with van der Waals surface area (Å²) in [7, 11) is 0. The third-order valence-electron chi connectivity index (χ3n) is 0. The molecule has 13 N–H and O–H groups in total. The van der Waals surface area contributed by atoms with Gasteiger partial charge >= 0.3 is 0 Å². The third kappa shape index (κ3) is 3150. The molecule has 8 nitrogen and oxygen atoms in total. The Hall–Kier alpha value is 0.490. The second-order valence-electron chi connectivity index (χ2n) is 0.519. The molecule has 83 valence electrons. The molecule has 0 aromatic heterocycles. The zero-order valence-corrected chi connectivity index (χ0v) is 7.59. The molecule has 0 saturated carbocycles. The van der Waals surface area contributed by atoms with E-state index in [2.05, 4.69) is 0 Å². The molecule has 0 fully saturated rings. The zero-order valence-electron chi connectivity index (χ0n) is 5.66. The molecule has 0 spiro atoms. The summed E-state index contributed by atoms with van der Waals surface area (Å²) in [6.07, 6.45) is 0. The van der Waals surface area contributed by atoms with Crippen molar-refractivity contribution >= 4 is 5.97 Å². The molecule has 0 amide bonds. The molecule has 11 heavy (non-hydrogen) atoms. The van der Waals surface area contributed by atoms with Crippen LogP contribution in [0.2, 0.25) is 0 Å². The Balaban J connectivity index is -0.00000000214. The minimum absolute atomic E-state index is 0. The number of hydrogen-bond acceptors (Lipinski definition) is 1. The van der Waals surface area contributed by atoms with Crippen LogP contribution in [-0.2, 0) is 4.79 Å². The Morgan fingerprint density at radius 2 is 0.909 bits per heavy atom. The van der Waals surface area contributed by atoms with Gasteiger partial charge in [-0.1, -0.05) is 0 Å². The van der Waals surface area contributed by atoms with E-state index in [1.165, 1.54) is 0 Å². The van der Waals surface area contributed by atoms with Crippen molar-refractivity contribution in [3.63, 3.8) is 0 Å². The quantitative estimate of drug-likeness (QED) is 0.430. The van der Waals surface area contributed by atoms with E-state index >= 15 is 0 Å². The van der Waals surface area contributed by atoms with Crippen LogP contribution in [0.15, 0.2) is 0 Å². The van der Waals surface area contributed by atoms with Crippen LogP contribution in [0.25, 0.3) is 0 Å². The number of aliphatic carboxylic acids is 1. The molecule has 0 bridgehead atoms. The standard InChI is InChI=1S/C2H4O2.Ho.6H2O/c1-2(3)4;;;;;;;/h1H3,(H,3,4);;6*1H2. The van der Waals surface area contributed by atoms with Crippen LogP contribution in [0.3, 0.4) is 0 Å². The van der Waals surface area contributed by atoms with Crippen LogP contribution < -0.4 is 0 Å². The summed E-state index contributed by atoms with van der Waals surface area (Å²) in [6.45, 7) is 1.08. The summed E-state index contributed by atoms with van der Waals surface area (Å²) in [5.41, 5.74) is 0. The molecule has 0 heterocycles. The molecular formula is C2H16HoO8. The Labute approximate surface area is 93.1 Å². The van der Waals surface area contributed by atoms with Crippen molar-refractivity contribution in [2.45, 2.75) is 6.92 Å². The van der Waals surface area contributed by atoms with Crippen LogP contribution in [0, 0.1) is 37.7 Å². The minimum Gasteiger partial charge on any atom is -0.481 e. The topological polar surface area (TPSA) is 226 Å². The van der Waals surface area contributed by atoms with Crippen molar-refractivity contribution in [3.8, 4) is 0 Å². The van der Waals surface area contributed by atoms with Crippen LogP contribution in [-0.4, -0.2) is 43.9 Å². The number of hydrogen-bond donors (Lipinski definition) is 1. The first kappa shape index (κ1) is 104. The van der Waals surface area contributed by atoms with Gasteiger partial charge in [0.2, 0.25) is 0 Å². The van der Waals surface area contributed by atoms with Gasteiger partial charge in [-0.15, -0.1) is 0 Å². The van der Waals surface area contributed by atoms with E-state index in [4.69, 9.17) is 9.90 Å². The summed E-state index contributed by atoms with van der Waals surface area (Å²) in [6, 6.07) is 0. The Morgan fingerprint density at radius 3 is 0.909 bits per heavy atom. The molecule has 0 aromatic rings. The van der Waals surface area contributed by atoms with E-state index in [-0.39, 0.29) is 70.6 Å². The van der Waals surface area contributed by atoms with Gasteiger partial charge in [0.25, 0.3) is 5.97 Å². The number of carbonyl (C=O) groups is 1. The Morgan fingerprint density at radius 1 is 0.909 bits per heavy atom. The maximum Gasteiger partial charge on any atom is 0.300 e. The fourth-order valence-electron chi connectivity index (χ4n) is 0. The van der Waals surface area contributed by atoms with Crippen LogP contribution in [0.1, 0.15) is 6.92 Å². The zero-order chi connectivity index (χ0) is 3.58. The van der Waals surface area contributed by atoms with Gasteiger partial charge in [0.15, 0.2) is 0 Å². The average molecular weight is 333 g/mol. The third-order valence-corrected chi connectivity index (χ3v) is 0. The molecule has 0 aliphatic heterocycles. The number of carboxylic acid groups (broad SMARTS) is 1. The maximum absolute atomic E-state index is 9.00. The predicted octanol–water partition coefficient (Wildman–Crippen LogP) is -4.86. The van der Waals surface area contributed by atoms with Gasteiger partial charge in [-0.3, -0.25) is 4.79 Å². The predicted molar refractivity (Wildman–Crippen MR) is 35.0 cm³/mol. The first-order valence-corrected chi connectivity index (χ1v) is 0.928. The van der Waals surface area contributed by atoms with E-state index < -0.39 is 5.97 Å². The van der Waals surface area contributed by atoms with E-state index in [1.807, 2.05) is 0 Å². The van der Waals surface area contributed by atoms with E-state index in [0.717, 1.165) is 6.92 Å². The van der Waals surface area contributed by atoms with Crippen molar-refractivity contribution in [2.75, 3.05) is 0 Å². The van der Waals surface area contributed by atoms with E-state index in [0.29, 0.717) is 0 Å². The van der Waals surface area contributed by atoms with Crippen molar-refractivity contribution in [3.05, 3.63) is 0 Å². The summed E-state index contributed by atoms with van der Waals surface area (Å²) < 4.78 is 0. The Bertz CT molecular complexity index is 35.1. The average Bonchev–Trinajstić information content (AvgIpc) is 0.811. The molecule has 0 aliphatic rings. The van der Waals surface area contributed by atoms with Crippen molar-refractivity contribution in [1.29, 1.82) is 0 Å². The van der Waals surface area contributed by atoms with Gasteiger partial charge in [0, 0.05) is 44.7 Å². The van der Waals surface area contributed by atoms with Gasteiger partial charge < -0.3 is 38.0 Å². The normalized spacial score (nSPS) is 2.27. The molecule has 0 atom stereocenters. The number of rotatable bonds is 0. The maximum atomic E-state index is 9.00. The van der Waals surface area contributed by atoms with Gasteiger partial charge in [0.05, 0.1) is 0 Å². The summed E-state index contributed by atoms with van der Waals surface area (Å²) in [5, 5.41) is 7.42. The molecule has 0 aromatic carbocycles. The summed E-state index contributed by atoms with van der Waals surface area (Å²) >= 11 is 0. The van der Waals surface area contributed by atoms with E-state index in [9.17, 15) is 0 Å². The summed E-state index contributed by atoms with van der Waals surface area (Å²) in [5.74, 6) is -0.833. The molecule has 0 saturated heterocycles.